The highest BCUT2D eigenvalue weighted by Crippen LogP contribution is 2.17. The Balaban J connectivity index is 1.80. The number of nitrogens with zero attached hydrogens (tertiary/aromatic N) is 3. The van der Waals surface area contributed by atoms with Gasteiger partial charge in [0.1, 0.15) is 18.7 Å². The van der Waals surface area contributed by atoms with Crippen LogP contribution in [0.15, 0.2) is 30.6 Å². The molecule has 1 heterocycles. The molecule has 0 unspecified atom stereocenters. The van der Waals surface area contributed by atoms with Gasteiger partial charge in [0.15, 0.2) is 5.82 Å². The summed E-state index contributed by atoms with van der Waals surface area (Å²) in [4.78, 5) is 4.18. The van der Waals surface area contributed by atoms with Gasteiger partial charge in [-0.3, -0.25) is 4.68 Å². The molecule has 0 saturated heterocycles. The van der Waals surface area contributed by atoms with Crippen LogP contribution in [0.3, 0.4) is 0 Å². The molecule has 1 aromatic heterocycles. The molecule has 5 nitrogen and oxygen atoms in total. The van der Waals surface area contributed by atoms with Crippen molar-refractivity contribution in [3.05, 3.63) is 42.0 Å². The quantitative estimate of drug-likeness (QED) is 0.606. The fourth-order valence-corrected chi connectivity index (χ4v) is 1.83. The third-order valence-electron chi connectivity index (χ3n) is 2.77. The zero-order valence-corrected chi connectivity index (χ0v) is 11.5. The van der Waals surface area contributed by atoms with Crippen LogP contribution in [-0.2, 0) is 20.0 Å². The van der Waals surface area contributed by atoms with E-state index in [1.165, 1.54) is 0 Å². The highest BCUT2D eigenvalue weighted by molar-refractivity contribution is 5.33. The molecule has 0 saturated carbocycles. The molecular weight excluding hydrogens is 252 g/mol. The molecule has 104 valence electrons. The predicted molar refractivity (Wildman–Crippen MR) is 77.2 cm³/mol. The highest BCUT2D eigenvalue weighted by Gasteiger charge is 2.03. The second-order valence-electron chi connectivity index (χ2n) is 4.36. The van der Waals surface area contributed by atoms with Gasteiger partial charge in [0, 0.05) is 32.1 Å². The lowest BCUT2D eigenvalue weighted by Crippen LogP contribution is -2.18. The van der Waals surface area contributed by atoms with Crippen LogP contribution < -0.4 is 10.1 Å². The SMILES string of the molecule is C#CCOc1ccccc1CNCCc1ncn(C)n1. The summed E-state index contributed by atoms with van der Waals surface area (Å²) in [6, 6.07) is 7.87. The second-order valence-corrected chi connectivity index (χ2v) is 4.36. The number of hydrogen-bond donors (Lipinski definition) is 1. The van der Waals surface area contributed by atoms with Gasteiger partial charge in [-0.2, -0.15) is 5.10 Å². The molecule has 0 bridgehead atoms. The number of hydrogen-bond acceptors (Lipinski definition) is 4. The number of aryl methyl sites for hydroxylation is 1. The predicted octanol–water partition coefficient (Wildman–Crippen LogP) is 1.16. The van der Waals surface area contributed by atoms with Crippen molar-refractivity contribution in [2.24, 2.45) is 7.05 Å². The van der Waals surface area contributed by atoms with Crippen LogP contribution in [0.2, 0.25) is 0 Å². The molecule has 20 heavy (non-hydrogen) atoms. The summed E-state index contributed by atoms with van der Waals surface area (Å²) in [6.45, 7) is 1.83. The third kappa shape index (κ3) is 4.11. The van der Waals surface area contributed by atoms with E-state index in [-0.39, 0.29) is 6.61 Å². The number of benzene rings is 1. The lowest BCUT2D eigenvalue weighted by Gasteiger charge is -2.10. The molecule has 0 aliphatic rings. The van der Waals surface area contributed by atoms with E-state index in [0.29, 0.717) is 0 Å². The van der Waals surface area contributed by atoms with Crippen LogP contribution in [0, 0.1) is 12.3 Å². The number of rotatable bonds is 7. The van der Waals surface area contributed by atoms with E-state index in [9.17, 15) is 0 Å². The Labute approximate surface area is 119 Å². The minimum Gasteiger partial charge on any atom is -0.481 e. The topological polar surface area (TPSA) is 52.0 Å². The van der Waals surface area contributed by atoms with Gasteiger partial charge in [0.2, 0.25) is 0 Å². The Hall–Kier alpha value is -2.32. The number of ether oxygens (including phenoxy) is 1. The van der Waals surface area contributed by atoms with E-state index in [1.54, 1.807) is 11.0 Å². The average molecular weight is 270 g/mol. The zero-order chi connectivity index (χ0) is 14.2. The molecule has 5 heteroatoms. The van der Waals surface area contributed by atoms with Gasteiger partial charge in [0.25, 0.3) is 0 Å². The van der Waals surface area contributed by atoms with Crippen molar-refractivity contribution < 1.29 is 4.74 Å². The summed E-state index contributed by atoms with van der Waals surface area (Å²) in [5.74, 6) is 4.15. The normalized spacial score (nSPS) is 10.2. The number of para-hydroxylation sites is 1. The van der Waals surface area contributed by atoms with E-state index in [2.05, 4.69) is 21.3 Å². The summed E-state index contributed by atoms with van der Waals surface area (Å²) in [5.41, 5.74) is 1.09. The van der Waals surface area contributed by atoms with Crippen LogP contribution >= 0.6 is 0 Å². The van der Waals surface area contributed by atoms with Crippen LogP contribution in [0.5, 0.6) is 5.75 Å². The van der Waals surface area contributed by atoms with Crippen LogP contribution in [0.4, 0.5) is 0 Å². The second kappa shape index (κ2) is 7.31. The molecule has 0 radical (unpaired) electrons. The van der Waals surface area contributed by atoms with Gasteiger partial charge < -0.3 is 10.1 Å². The minimum atomic E-state index is 0.287. The smallest absolute Gasteiger partial charge is 0.151 e. The van der Waals surface area contributed by atoms with Crippen molar-refractivity contribution in [1.29, 1.82) is 0 Å². The van der Waals surface area contributed by atoms with Crippen molar-refractivity contribution in [2.75, 3.05) is 13.2 Å². The van der Waals surface area contributed by atoms with Crippen LogP contribution in [-0.4, -0.2) is 27.9 Å². The van der Waals surface area contributed by atoms with Gasteiger partial charge in [-0.15, -0.1) is 6.42 Å². The summed E-state index contributed by atoms with van der Waals surface area (Å²) in [5, 5.41) is 7.59. The van der Waals surface area contributed by atoms with Gasteiger partial charge >= 0.3 is 0 Å². The molecule has 1 aromatic carbocycles. The van der Waals surface area contributed by atoms with Crippen molar-refractivity contribution in [3.63, 3.8) is 0 Å². The molecule has 0 amide bonds. The summed E-state index contributed by atoms with van der Waals surface area (Å²) < 4.78 is 7.21. The first kappa shape index (κ1) is 14.1. The van der Waals surface area contributed by atoms with E-state index in [4.69, 9.17) is 11.2 Å². The Morgan fingerprint density at radius 2 is 2.25 bits per heavy atom. The Morgan fingerprint density at radius 1 is 1.40 bits per heavy atom. The van der Waals surface area contributed by atoms with E-state index >= 15 is 0 Å². The average Bonchev–Trinajstić information content (AvgIpc) is 2.88. The fraction of sp³-hybridized carbons (Fsp3) is 0.333. The maximum Gasteiger partial charge on any atom is 0.151 e. The Morgan fingerprint density at radius 3 is 3.00 bits per heavy atom. The van der Waals surface area contributed by atoms with Gasteiger partial charge in [-0.05, 0) is 6.07 Å². The Bertz CT molecular complexity index is 586. The third-order valence-corrected chi connectivity index (χ3v) is 2.77. The van der Waals surface area contributed by atoms with Crippen molar-refractivity contribution in [3.8, 4) is 18.1 Å². The number of nitrogens with one attached hydrogen (secondary N) is 1. The van der Waals surface area contributed by atoms with Gasteiger partial charge in [-0.25, -0.2) is 4.98 Å². The maximum absolute atomic E-state index is 5.50. The summed E-state index contributed by atoms with van der Waals surface area (Å²) in [6.07, 6.45) is 7.71. The van der Waals surface area contributed by atoms with Gasteiger partial charge in [0.05, 0.1) is 0 Å². The van der Waals surface area contributed by atoms with Gasteiger partial charge in [-0.1, -0.05) is 24.1 Å². The Kier molecular flexibility index (Phi) is 5.15. The fourth-order valence-electron chi connectivity index (χ4n) is 1.83. The van der Waals surface area contributed by atoms with Crippen molar-refractivity contribution >= 4 is 0 Å². The van der Waals surface area contributed by atoms with Crippen molar-refractivity contribution in [2.45, 2.75) is 13.0 Å². The molecule has 0 atom stereocenters. The number of aromatic nitrogens is 3. The zero-order valence-electron chi connectivity index (χ0n) is 11.5. The standard InChI is InChI=1S/C15H18N4O/c1-3-10-20-14-7-5-4-6-13(14)11-16-9-8-15-17-12-19(2)18-15/h1,4-7,12,16H,8-11H2,2H3. The molecule has 1 N–H and O–H groups in total. The first-order valence-electron chi connectivity index (χ1n) is 6.49. The van der Waals surface area contributed by atoms with E-state index in [0.717, 1.165) is 36.6 Å². The lowest BCUT2D eigenvalue weighted by atomic mass is 10.2. The van der Waals surface area contributed by atoms with Crippen LogP contribution in [0.1, 0.15) is 11.4 Å². The lowest BCUT2D eigenvalue weighted by molar-refractivity contribution is 0.365. The molecule has 0 aliphatic heterocycles. The maximum atomic E-state index is 5.50. The molecule has 0 aliphatic carbocycles. The largest absolute Gasteiger partial charge is 0.481 e. The number of terminal acetylenes is 1. The van der Waals surface area contributed by atoms with Crippen LogP contribution in [0.25, 0.3) is 0 Å². The molecule has 2 rings (SSSR count). The summed E-state index contributed by atoms with van der Waals surface area (Å²) >= 11 is 0. The van der Waals surface area contributed by atoms with E-state index < -0.39 is 0 Å². The van der Waals surface area contributed by atoms with Crippen molar-refractivity contribution in [1.82, 2.24) is 20.1 Å². The summed E-state index contributed by atoms with van der Waals surface area (Å²) in [7, 11) is 1.86. The minimum absolute atomic E-state index is 0.287. The highest BCUT2D eigenvalue weighted by atomic mass is 16.5. The molecular formula is C15H18N4O. The molecule has 0 fully saturated rings. The van der Waals surface area contributed by atoms with E-state index in [1.807, 2.05) is 31.3 Å². The molecule has 0 spiro atoms. The first-order valence-corrected chi connectivity index (χ1v) is 6.49. The monoisotopic (exact) mass is 270 g/mol. The molecule has 2 aromatic rings. The first-order chi connectivity index (χ1) is 9.79.